The lowest BCUT2D eigenvalue weighted by molar-refractivity contribution is 0.295. The molecular formula is C18H21N3O. The van der Waals surface area contributed by atoms with Crippen molar-refractivity contribution in [2.24, 2.45) is 0 Å². The third kappa shape index (κ3) is 2.97. The summed E-state index contributed by atoms with van der Waals surface area (Å²) in [5.41, 5.74) is 3.45. The zero-order valence-corrected chi connectivity index (χ0v) is 13.0. The van der Waals surface area contributed by atoms with Crippen LogP contribution in [0.4, 0.5) is 0 Å². The molecule has 0 amide bonds. The minimum absolute atomic E-state index is 0.460. The Morgan fingerprint density at radius 1 is 1.18 bits per heavy atom. The molecule has 2 heterocycles. The van der Waals surface area contributed by atoms with Crippen molar-refractivity contribution in [2.75, 3.05) is 7.05 Å². The molecule has 0 fully saturated rings. The fraction of sp³-hybridized carbons (Fsp3) is 0.278. The summed E-state index contributed by atoms with van der Waals surface area (Å²) in [6.07, 6.45) is 3.04. The Morgan fingerprint density at radius 3 is 2.91 bits per heavy atom. The SMILES string of the molecule is CCc1cccc(OCc2nc(CNC)c3ccccn23)c1. The van der Waals surface area contributed by atoms with Gasteiger partial charge in [-0.2, -0.15) is 0 Å². The normalized spacial score (nSPS) is 11.0. The second kappa shape index (κ2) is 6.62. The maximum Gasteiger partial charge on any atom is 0.151 e. The van der Waals surface area contributed by atoms with Gasteiger partial charge in [-0.1, -0.05) is 25.1 Å². The van der Waals surface area contributed by atoms with Gasteiger partial charge in [0.2, 0.25) is 0 Å². The largest absolute Gasteiger partial charge is 0.486 e. The summed E-state index contributed by atoms with van der Waals surface area (Å²) < 4.78 is 8.02. The molecule has 1 N–H and O–H groups in total. The number of aromatic nitrogens is 2. The number of aryl methyl sites for hydroxylation is 1. The van der Waals surface area contributed by atoms with Crippen molar-refractivity contribution in [1.82, 2.24) is 14.7 Å². The second-order valence-electron chi connectivity index (χ2n) is 5.25. The molecule has 2 aromatic heterocycles. The first-order valence-electron chi connectivity index (χ1n) is 7.63. The van der Waals surface area contributed by atoms with E-state index in [0.29, 0.717) is 6.61 Å². The Kier molecular flexibility index (Phi) is 4.39. The van der Waals surface area contributed by atoms with Gasteiger partial charge < -0.3 is 14.5 Å². The molecule has 22 heavy (non-hydrogen) atoms. The van der Waals surface area contributed by atoms with Gasteiger partial charge in [-0.05, 0) is 43.3 Å². The van der Waals surface area contributed by atoms with Crippen LogP contribution in [0.1, 0.15) is 24.0 Å². The summed E-state index contributed by atoms with van der Waals surface area (Å²) in [6.45, 7) is 3.35. The van der Waals surface area contributed by atoms with Crippen molar-refractivity contribution < 1.29 is 4.74 Å². The van der Waals surface area contributed by atoms with Gasteiger partial charge in [0.05, 0.1) is 11.2 Å². The summed E-state index contributed by atoms with van der Waals surface area (Å²) in [6, 6.07) is 14.4. The highest BCUT2D eigenvalue weighted by atomic mass is 16.5. The van der Waals surface area contributed by atoms with E-state index in [1.54, 1.807) is 0 Å². The van der Waals surface area contributed by atoms with E-state index in [9.17, 15) is 0 Å². The van der Waals surface area contributed by atoms with E-state index >= 15 is 0 Å². The number of nitrogens with one attached hydrogen (secondary N) is 1. The van der Waals surface area contributed by atoms with Crippen LogP contribution in [0.5, 0.6) is 5.75 Å². The quantitative estimate of drug-likeness (QED) is 0.759. The van der Waals surface area contributed by atoms with Crippen LogP contribution in [0.25, 0.3) is 5.52 Å². The number of benzene rings is 1. The first kappa shape index (κ1) is 14.6. The minimum Gasteiger partial charge on any atom is -0.486 e. The third-order valence-corrected chi connectivity index (χ3v) is 3.72. The van der Waals surface area contributed by atoms with Crippen molar-refractivity contribution in [3.8, 4) is 5.75 Å². The van der Waals surface area contributed by atoms with Crippen LogP contribution in [0.15, 0.2) is 48.7 Å². The highest BCUT2D eigenvalue weighted by Crippen LogP contribution is 2.17. The number of imidazole rings is 1. The average molecular weight is 295 g/mol. The zero-order valence-electron chi connectivity index (χ0n) is 13.0. The lowest BCUT2D eigenvalue weighted by Crippen LogP contribution is -2.06. The Hall–Kier alpha value is -2.33. The smallest absolute Gasteiger partial charge is 0.151 e. The predicted octanol–water partition coefficient (Wildman–Crippen LogP) is 3.20. The number of hydrogen-bond acceptors (Lipinski definition) is 3. The number of rotatable bonds is 6. The molecule has 0 aliphatic heterocycles. The van der Waals surface area contributed by atoms with Gasteiger partial charge in [-0.15, -0.1) is 0 Å². The fourth-order valence-electron chi connectivity index (χ4n) is 2.57. The summed E-state index contributed by atoms with van der Waals surface area (Å²) >= 11 is 0. The Morgan fingerprint density at radius 2 is 2.09 bits per heavy atom. The molecule has 0 radical (unpaired) electrons. The second-order valence-corrected chi connectivity index (χ2v) is 5.25. The minimum atomic E-state index is 0.460. The zero-order chi connectivity index (χ0) is 15.4. The van der Waals surface area contributed by atoms with E-state index in [1.807, 2.05) is 37.5 Å². The van der Waals surface area contributed by atoms with Gasteiger partial charge in [-0.3, -0.25) is 0 Å². The fourth-order valence-corrected chi connectivity index (χ4v) is 2.57. The molecule has 0 spiro atoms. The average Bonchev–Trinajstić information content (AvgIpc) is 2.92. The number of pyridine rings is 1. The molecule has 0 bridgehead atoms. The van der Waals surface area contributed by atoms with Crippen LogP contribution in [0.3, 0.4) is 0 Å². The van der Waals surface area contributed by atoms with Gasteiger partial charge in [0.1, 0.15) is 12.4 Å². The van der Waals surface area contributed by atoms with E-state index in [1.165, 1.54) is 5.56 Å². The molecule has 114 valence electrons. The van der Waals surface area contributed by atoms with Crippen LogP contribution >= 0.6 is 0 Å². The summed E-state index contributed by atoms with van der Waals surface area (Å²) in [4.78, 5) is 4.71. The van der Waals surface area contributed by atoms with Crippen molar-refractivity contribution in [3.05, 3.63) is 65.7 Å². The summed E-state index contributed by atoms with van der Waals surface area (Å²) in [5, 5.41) is 3.16. The van der Waals surface area contributed by atoms with Gasteiger partial charge in [-0.25, -0.2) is 4.98 Å². The maximum absolute atomic E-state index is 5.93. The summed E-state index contributed by atoms with van der Waals surface area (Å²) in [5.74, 6) is 1.81. The molecule has 0 atom stereocenters. The van der Waals surface area contributed by atoms with Gasteiger partial charge in [0, 0.05) is 12.7 Å². The van der Waals surface area contributed by atoms with Crippen LogP contribution in [-0.4, -0.2) is 16.4 Å². The molecular weight excluding hydrogens is 274 g/mol. The van der Waals surface area contributed by atoms with E-state index in [0.717, 1.165) is 35.8 Å². The van der Waals surface area contributed by atoms with Gasteiger partial charge in [0.15, 0.2) is 5.82 Å². The van der Waals surface area contributed by atoms with Crippen LogP contribution in [-0.2, 0) is 19.6 Å². The molecule has 3 rings (SSSR count). The Labute approximate surface area is 130 Å². The molecule has 0 saturated heterocycles. The first-order valence-corrected chi connectivity index (χ1v) is 7.63. The predicted molar refractivity (Wildman–Crippen MR) is 88.1 cm³/mol. The first-order chi connectivity index (χ1) is 10.8. The topological polar surface area (TPSA) is 38.6 Å². The molecule has 0 saturated carbocycles. The van der Waals surface area contributed by atoms with Crippen LogP contribution < -0.4 is 10.1 Å². The molecule has 0 aliphatic carbocycles. The molecule has 3 aromatic rings. The number of fused-ring (bicyclic) bond motifs is 1. The Bertz CT molecular complexity index is 764. The summed E-state index contributed by atoms with van der Waals surface area (Å²) in [7, 11) is 1.93. The van der Waals surface area contributed by atoms with Gasteiger partial charge >= 0.3 is 0 Å². The lowest BCUT2D eigenvalue weighted by Gasteiger charge is -2.07. The van der Waals surface area contributed by atoms with Crippen LogP contribution in [0, 0.1) is 0 Å². The van der Waals surface area contributed by atoms with Crippen molar-refractivity contribution in [2.45, 2.75) is 26.5 Å². The van der Waals surface area contributed by atoms with E-state index in [4.69, 9.17) is 9.72 Å². The molecule has 0 aliphatic rings. The standard InChI is InChI=1S/C18H21N3O/c1-3-14-7-6-8-15(11-14)22-13-18-20-16(12-19-2)17-9-4-5-10-21(17)18/h4-11,19H,3,12-13H2,1-2H3. The van der Waals surface area contributed by atoms with E-state index in [-0.39, 0.29) is 0 Å². The van der Waals surface area contributed by atoms with Crippen molar-refractivity contribution >= 4 is 5.52 Å². The molecule has 4 heteroatoms. The molecule has 1 aromatic carbocycles. The van der Waals surface area contributed by atoms with Crippen LogP contribution in [0.2, 0.25) is 0 Å². The number of ether oxygens (including phenoxy) is 1. The highest BCUT2D eigenvalue weighted by Gasteiger charge is 2.10. The monoisotopic (exact) mass is 295 g/mol. The van der Waals surface area contributed by atoms with E-state index in [2.05, 4.69) is 34.8 Å². The lowest BCUT2D eigenvalue weighted by atomic mass is 10.2. The Balaban J connectivity index is 1.84. The maximum atomic E-state index is 5.93. The number of hydrogen-bond donors (Lipinski definition) is 1. The number of nitrogens with zero attached hydrogens (tertiary/aromatic N) is 2. The van der Waals surface area contributed by atoms with E-state index < -0.39 is 0 Å². The van der Waals surface area contributed by atoms with Crippen molar-refractivity contribution in [1.29, 1.82) is 0 Å². The van der Waals surface area contributed by atoms with Crippen molar-refractivity contribution in [3.63, 3.8) is 0 Å². The molecule has 0 unspecified atom stereocenters. The molecule has 4 nitrogen and oxygen atoms in total. The highest BCUT2D eigenvalue weighted by molar-refractivity contribution is 5.53. The third-order valence-electron chi connectivity index (χ3n) is 3.72. The van der Waals surface area contributed by atoms with Gasteiger partial charge in [0.25, 0.3) is 0 Å².